The Labute approximate surface area is 148 Å². The molecule has 0 saturated carbocycles. The van der Waals surface area contributed by atoms with E-state index in [1.54, 1.807) is 0 Å². The highest BCUT2D eigenvalue weighted by Gasteiger charge is 2.24. The lowest BCUT2D eigenvalue weighted by atomic mass is 9.95. The molecule has 2 amide bonds. The van der Waals surface area contributed by atoms with E-state index in [0.29, 0.717) is 18.7 Å². The fourth-order valence-electron chi connectivity index (χ4n) is 2.89. The summed E-state index contributed by atoms with van der Waals surface area (Å²) in [6.07, 6.45) is 0.835. The van der Waals surface area contributed by atoms with Gasteiger partial charge in [-0.25, -0.2) is 0 Å². The highest BCUT2D eigenvalue weighted by Crippen LogP contribution is 2.25. The molecule has 1 heterocycles. The molecule has 0 spiro atoms. The summed E-state index contributed by atoms with van der Waals surface area (Å²) in [5.41, 5.74) is 3.40. The first kappa shape index (κ1) is 17.2. The van der Waals surface area contributed by atoms with Gasteiger partial charge in [-0.1, -0.05) is 45.0 Å². The molecule has 0 saturated heterocycles. The molecular weight excluding hydrogens is 312 g/mol. The molecule has 0 unspecified atom stereocenters. The summed E-state index contributed by atoms with van der Waals surface area (Å²) in [6.45, 7) is 6.96. The van der Waals surface area contributed by atoms with E-state index in [1.807, 2.05) is 68.1 Å². The van der Waals surface area contributed by atoms with Crippen molar-refractivity contribution in [3.63, 3.8) is 0 Å². The highest BCUT2D eigenvalue weighted by atomic mass is 16.2. The molecular formula is C21H24N2O2. The molecule has 0 fully saturated rings. The lowest BCUT2D eigenvalue weighted by Gasteiger charge is -2.29. The Morgan fingerprint density at radius 3 is 2.40 bits per heavy atom. The molecule has 4 heteroatoms. The number of carbonyl (C=O) groups is 2. The SMILES string of the molecule is CC(C)(C)C(=O)Nc1ccc2c(c1)CN(C(=O)c1ccccc1)CC2. The Kier molecular flexibility index (Phi) is 4.62. The summed E-state index contributed by atoms with van der Waals surface area (Å²) < 4.78 is 0. The average Bonchev–Trinajstić information content (AvgIpc) is 2.60. The molecule has 1 N–H and O–H groups in total. The van der Waals surface area contributed by atoms with Crippen LogP contribution < -0.4 is 5.32 Å². The van der Waals surface area contributed by atoms with Crippen LogP contribution in [0.25, 0.3) is 0 Å². The predicted molar refractivity (Wildman–Crippen MR) is 99.4 cm³/mol. The van der Waals surface area contributed by atoms with Gasteiger partial charge in [-0.2, -0.15) is 0 Å². The van der Waals surface area contributed by atoms with Gasteiger partial charge < -0.3 is 10.2 Å². The summed E-state index contributed by atoms with van der Waals surface area (Å²) in [7, 11) is 0. The Hall–Kier alpha value is -2.62. The van der Waals surface area contributed by atoms with Crippen molar-refractivity contribution < 1.29 is 9.59 Å². The van der Waals surface area contributed by atoms with Crippen molar-refractivity contribution in [2.24, 2.45) is 5.41 Å². The minimum Gasteiger partial charge on any atom is -0.334 e. The van der Waals surface area contributed by atoms with E-state index in [2.05, 4.69) is 11.4 Å². The van der Waals surface area contributed by atoms with Crippen molar-refractivity contribution in [3.05, 3.63) is 65.2 Å². The average molecular weight is 336 g/mol. The van der Waals surface area contributed by atoms with Gasteiger partial charge in [-0.3, -0.25) is 9.59 Å². The lowest BCUT2D eigenvalue weighted by Crippen LogP contribution is -2.36. The van der Waals surface area contributed by atoms with E-state index < -0.39 is 5.41 Å². The van der Waals surface area contributed by atoms with Crippen LogP contribution in [0.1, 0.15) is 42.3 Å². The van der Waals surface area contributed by atoms with Gasteiger partial charge in [0.15, 0.2) is 0 Å². The van der Waals surface area contributed by atoms with Crippen LogP contribution in [0.2, 0.25) is 0 Å². The number of rotatable bonds is 2. The van der Waals surface area contributed by atoms with Crippen molar-refractivity contribution in [2.45, 2.75) is 33.7 Å². The molecule has 130 valence electrons. The van der Waals surface area contributed by atoms with Gasteiger partial charge in [0.25, 0.3) is 5.91 Å². The first-order chi connectivity index (χ1) is 11.8. The molecule has 3 rings (SSSR count). The fraction of sp³-hybridized carbons (Fsp3) is 0.333. The van der Waals surface area contributed by atoms with Crippen molar-refractivity contribution >= 4 is 17.5 Å². The van der Waals surface area contributed by atoms with Crippen LogP contribution in [0.4, 0.5) is 5.69 Å². The van der Waals surface area contributed by atoms with E-state index in [4.69, 9.17) is 0 Å². The molecule has 0 aliphatic carbocycles. The van der Waals surface area contributed by atoms with E-state index >= 15 is 0 Å². The topological polar surface area (TPSA) is 49.4 Å². The van der Waals surface area contributed by atoms with E-state index in [1.165, 1.54) is 5.56 Å². The number of anilines is 1. The molecule has 25 heavy (non-hydrogen) atoms. The molecule has 0 bridgehead atoms. The monoisotopic (exact) mass is 336 g/mol. The van der Waals surface area contributed by atoms with Crippen molar-refractivity contribution in [1.82, 2.24) is 4.90 Å². The number of benzene rings is 2. The van der Waals surface area contributed by atoms with Crippen molar-refractivity contribution in [3.8, 4) is 0 Å². The third-order valence-corrected chi connectivity index (χ3v) is 4.47. The second-order valence-corrected chi connectivity index (χ2v) is 7.53. The van der Waals surface area contributed by atoms with Crippen molar-refractivity contribution in [2.75, 3.05) is 11.9 Å². The van der Waals surface area contributed by atoms with E-state index in [9.17, 15) is 9.59 Å². The smallest absolute Gasteiger partial charge is 0.254 e. The Bertz CT molecular complexity index is 791. The van der Waals surface area contributed by atoms with Crippen LogP contribution in [0, 0.1) is 5.41 Å². The quantitative estimate of drug-likeness (QED) is 0.905. The van der Waals surface area contributed by atoms with Gasteiger partial charge in [-0.15, -0.1) is 0 Å². The van der Waals surface area contributed by atoms with Crippen LogP contribution >= 0.6 is 0 Å². The van der Waals surface area contributed by atoms with Crippen LogP contribution in [0.5, 0.6) is 0 Å². The summed E-state index contributed by atoms with van der Waals surface area (Å²) in [4.78, 5) is 26.7. The van der Waals surface area contributed by atoms with Gasteiger partial charge in [-0.05, 0) is 41.8 Å². The van der Waals surface area contributed by atoms with Crippen LogP contribution in [-0.4, -0.2) is 23.3 Å². The van der Waals surface area contributed by atoms with Gasteiger partial charge in [0.1, 0.15) is 0 Å². The third kappa shape index (κ3) is 3.90. The van der Waals surface area contributed by atoms with Gasteiger partial charge >= 0.3 is 0 Å². The number of hydrogen-bond acceptors (Lipinski definition) is 2. The molecule has 2 aromatic carbocycles. The zero-order chi connectivity index (χ0) is 18.0. The molecule has 2 aromatic rings. The summed E-state index contributed by atoms with van der Waals surface area (Å²) in [5, 5.41) is 2.97. The van der Waals surface area contributed by atoms with Crippen LogP contribution in [-0.2, 0) is 17.8 Å². The summed E-state index contributed by atoms with van der Waals surface area (Å²) >= 11 is 0. The number of nitrogens with zero attached hydrogens (tertiary/aromatic N) is 1. The normalized spacial score (nSPS) is 14.0. The second kappa shape index (κ2) is 6.71. The Morgan fingerprint density at radius 1 is 1.00 bits per heavy atom. The largest absolute Gasteiger partial charge is 0.334 e. The van der Waals surface area contributed by atoms with Gasteiger partial charge in [0.2, 0.25) is 5.91 Å². The Balaban J connectivity index is 1.77. The minimum absolute atomic E-state index is 0.0134. The molecule has 0 aromatic heterocycles. The predicted octanol–water partition coefficient (Wildman–Crippen LogP) is 3.87. The zero-order valence-corrected chi connectivity index (χ0v) is 15.0. The molecule has 4 nitrogen and oxygen atoms in total. The number of carbonyl (C=O) groups excluding carboxylic acids is 2. The minimum atomic E-state index is -0.439. The van der Waals surface area contributed by atoms with Crippen LogP contribution in [0.3, 0.4) is 0 Å². The maximum Gasteiger partial charge on any atom is 0.254 e. The molecule has 0 atom stereocenters. The number of amides is 2. The Morgan fingerprint density at radius 2 is 1.72 bits per heavy atom. The van der Waals surface area contributed by atoms with E-state index in [0.717, 1.165) is 17.7 Å². The standard InChI is InChI=1S/C21H24N2O2/c1-21(2,3)20(25)22-18-10-9-15-11-12-23(14-17(15)13-18)19(24)16-7-5-4-6-8-16/h4-10,13H,11-12,14H2,1-3H3,(H,22,25). The van der Waals surface area contributed by atoms with E-state index in [-0.39, 0.29) is 11.8 Å². The maximum atomic E-state index is 12.7. The highest BCUT2D eigenvalue weighted by molar-refractivity contribution is 5.95. The first-order valence-corrected chi connectivity index (χ1v) is 8.62. The lowest BCUT2D eigenvalue weighted by molar-refractivity contribution is -0.123. The number of nitrogens with one attached hydrogen (secondary N) is 1. The molecule has 0 radical (unpaired) electrons. The van der Waals surface area contributed by atoms with Crippen molar-refractivity contribution in [1.29, 1.82) is 0 Å². The summed E-state index contributed by atoms with van der Waals surface area (Å²) in [5.74, 6) is 0.0378. The number of fused-ring (bicyclic) bond motifs is 1. The maximum absolute atomic E-state index is 12.7. The first-order valence-electron chi connectivity index (χ1n) is 8.62. The fourth-order valence-corrected chi connectivity index (χ4v) is 2.89. The third-order valence-electron chi connectivity index (χ3n) is 4.47. The second-order valence-electron chi connectivity index (χ2n) is 7.53. The van der Waals surface area contributed by atoms with Gasteiger partial charge in [0.05, 0.1) is 0 Å². The molecule has 1 aliphatic rings. The van der Waals surface area contributed by atoms with Gasteiger partial charge in [0, 0.05) is 29.8 Å². The van der Waals surface area contributed by atoms with Crippen LogP contribution in [0.15, 0.2) is 48.5 Å². The number of hydrogen-bond donors (Lipinski definition) is 1. The summed E-state index contributed by atoms with van der Waals surface area (Å²) in [6, 6.07) is 15.3. The molecule has 1 aliphatic heterocycles. The zero-order valence-electron chi connectivity index (χ0n) is 15.0.